The summed E-state index contributed by atoms with van der Waals surface area (Å²) in [7, 11) is -5.45. The first-order valence-electron chi connectivity index (χ1n) is 11.4. The second-order valence-corrected chi connectivity index (χ2v) is 11.5. The van der Waals surface area contributed by atoms with E-state index in [0.29, 0.717) is 34.5 Å². The van der Waals surface area contributed by atoms with E-state index in [-0.39, 0.29) is 23.2 Å². The lowest BCUT2D eigenvalue weighted by Gasteiger charge is -2.14. The number of thioether (sulfide) groups is 1. The molecule has 7 nitrogen and oxygen atoms in total. The van der Waals surface area contributed by atoms with Crippen molar-refractivity contribution in [1.29, 1.82) is 5.41 Å². The van der Waals surface area contributed by atoms with Crippen LogP contribution < -0.4 is 5.32 Å². The first-order valence-corrected chi connectivity index (χ1v) is 13.9. The van der Waals surface area contributed by atoms with Gasteiger partial charge >= 0.3 is 5.51 Å². The number of carbonyl (C=O) groups is 1. The third-order valence-electron chi connectivity index (χ3n) is 5.57. The number of allylic oxidation sites excluding steroid dienone is 4. The maximum atomic E-state index is 13.0. The molecular formula is C26H21F4N3O4S2. The fourth-order valence-corrected chi connectivity index (χ4v) is 5.09. The van der Waals surface area contributed by atoms with E-state index in [1.165, 1.54) is 36.4 Å². The van der Waals surface area contributed by atoms with E-state index >= 15 is 0 Å². The van der Waals surface area contributed by atoms with E-state index in [1.54, 1.807) is 24.3 Å². The van der Waals surface area contributed by atoms with Crippen molar-refractivity contribution in [3.63, 3.8) is 0 Å². The molecule has 0 bridgehead atoms. The molecule has 1 aliphatic carbocycles. The van der Waals surface area contributed by atoms with E-state index < -0.39 is 26.8 Å². The molecule has 39 heavy (non-hydrogen) atoms. The number of hydrogen-bond acceptors (Lipinski definition) is 7. The summed E-state index contributed by atoms with van der Waals surface area (Å²) < 4.78 is 79.0. The van der Waals surface area contributed by atoms with Crippen molar-refractivity contribution < 1.29 is 35.5 Å². The van der Waals surface area contributed by atoms with Gasteiger partial charge in [-0.05, 0) is 65.7 Å². The van der Waals surface area contributed by atoms with Crippen molar-refractivity contribution in [1.82, 2.24) is 5.32 Å². The van der Waals surface area contributed by atoms with Crippen LogP contribution in [0.15, 0.2) is 88.5 Å². The van der Waals surface area contributed by atoms with E-state index in [1.807, 2.05) is 12.2 Å². The number of amidine groups is 1. The van der Waals surface area contributed by atoms with Gasteiger partial charge in [0.25, 0.3) is 15.7 Å². The van der Waals surface area contributed by atoms with Crippen LogP contribution in [0.3, 0.4) is 0 Å². The van der Waals surface area contributed by atoms with Crippen molar-refractivity contribution in [3.05, 3.63) is 100 Å². The third kappa shape index (κ3) is 7.45. The van der Waals surface area contributed by atoms with Crippen LogP contribution in [0.4, 0.5) is 23.2 Å². The normalized spacial score (nSPS) is 19.7. The molecule has 2 N–H and O–H groups in total. The Labute approximate surface area is 225 Å². The van der Waals surface area contributed by atoms with Crippen molar-refractivity contribution in [2.24, 2.45) is 10.9 Å². The summed E-state index contributed by atoms with van der Waals surface area (Å²) in [6, 6.07) is 11.4. The quantitative estimate of drug-likeness (QED) is 0.243. The molecule has 0 saturated carbocycles. The zero-order valence-corrected chi connectivity index (χ0v) is 21.7. The van der Waals surface area contributed by atoms with Crippen molar-refractivity contribution in [2.45, 2.75) is 18.5 Å². The SMILES string of the molecule is N=C(CS(=O)(=O)C(F)(F)F)c1ccc(N=C2NC(=O)/C(=C/C3C=CC(OCc4ccc(F)cc4)=CC3)S2)cc1. The van der Waals surface area contributed by atoms with Gasteiger partial charge in [-0.2, -0.15) is 13.2 Å². The number of halogens is 4. The molecule has 0 spiro atoms. The number of aliphatic imine (C=N–C) groups is 1. The highest BCUT2D eigenvalue weighted by molar-refractivity contribution is 8.18. The molecule has 13 heteroatoms. The lowest BCUT2D eigenvalue weighted by Crippen LogP contribution is -2.30. The summed E-state index contributed by atoms with van der Waals surface area (Å²) in [5.41, 5.74) is -4.92. The van der Waals surface area contributed by atoms with E-state index in [2.05, 4.69) is 10.3 Å². The predicted octanol–water partition coefficient (Wildman–Crippen LogP) is 5.54. The maximum absolute atomic E-state index is 13.0. The van der Waals surface area contributed by atoms with Crippen LogP contribution >= 0.6 is 11.8 Å². The van der Waals surface area contributed by atoms with Gasteiger partial charge in [0.05, 0.1) is 16.3 Å². The Morgan fingerprint density at radius 3 is 2.46 bits per heavy atom. The molecule has 1 saturated heterocycles. The molecule has 1 aliphatic heterocycles. The Hall–Kier alpha value is -3.71. The lowest BCUT2D eigenvalue weighted by molar-refractivity contribution is -0.115. The number of benzene rings is 2. The van der Waals surface area contributed by atoms with Crippen LogP contribution in [0.25, 0.3) is 0 Å². The number of nitrogens with one attached hydrogen (secondary N) is 2. The Balaban J connectivity index is 1.32. The topological polar surface area (TPSA) is 109 Å². The monoisotopic (exact) mass is 579 g/mol. The number of ether oxygens (including phenoxy) is 1. The Morgan fingerprint density at radius 1 is 1.15 bits per heavy atom. The van der Waals surface area contributed by atoms with Crippen molar-refractivity contribution in [2.75, 3.05) is 5.75 Å². The summed E-state index contributed by atoms with van der Waals surface area (Å²) in [4.78, 5) is 17.2. The number of hydrogen-bond donors (Lipinski definition) is 2. The molecular weight excluding hydrogens is 558 g/mol. The van der Waals surface area contributed by atoms with E-state index in [0.717, 1.165) is 17.3 Å². The highest BCUT2D eigenvalue weighted by atomic mass is 32.2. The lowest BCUT2D eigenvalue weighted by atomic mass is 9.99. The Morgan fingerprint density at radius 2 is 1.85 bits per heavy atom. The van der Waals surface area contributed by atoms with Crippen LogP contribution in [0.1, 0.15) is 17.5 Å². The van der Waals surface area contributed by atoms with Gasteiger partial charge in [-0.15, -0.1) is 0 Å². The van der Waals surface area contributed by atoms with Crippen LogP contribution in [0.5, 0.6) is 0 Å². The fourth-order valence-electron chi connectivity index (χ4n) is 3.49. The molecule has 2 aromatic carbocycles. The average molecular weight is 580 g/mol. The first kappa shape index (κ1) is 28.3. The molecule has 204 valence electrons. The largest absolute Gasteiger partial charge is 0.497 e. The molecule has 1 unspecified atom stereocenters. The number of carbonyl (C=O) groups excluding carboxylic acids is 1. The minimum atomic E-state index is -5.45. The van der Waals surface area contributed by atoms with Gasteiger partial charge in [0.1, 0.15) is 23.9 Å². The second-order valence-electron chi connectivity index (χ2n) is 8.51. The van der Waals surface area contributed by atoms with E-state index in [9.17, 15) is 30.8 Å². The Bertz CT molecular complexity index is 1500. The average Bonchev–Trinajstić information content (AvgIpc) is 3.22. The summed E-state index contributed by atoms with van der Waals surface area (Å²) >= 11 is 1.13. The number of nitrogens with zero attached hydrogens (tertiary/aromatic N) is 1. The number of amides is 1. The fraction of sp³-hybridized carbons (Fsp3) is 0.192. The van der Waals surface area contributed by atoms with E-state index in [4.69, 9.17) is 10.1 Å². The van der Waals surface area contributed by atoms with Gasteiger partial charge < -0.3 is 15.5 Å². The maximum Gasteiger partial charge on any atom is 0.497 e. The molecule has 1 amide bonds. The third-order valence-corrected chi connectivity index (χ3v) is 7.87. The second kappa shape index (κ2) is 11.6. The van der Waals surface area contributed by atoms with Crippen molar-refractivity contribution in [3.8, 4) is 0 Å². The molecule has 1 heterocycles. The molecule has 1 atom stereocenters. The molecule has 2 aromatic rings. The van der Waals surface area contributed by atoms with Crippen LogP contribution in [-0.4, -0.2) is 36.5 Å². The zero-order chi connectivity index (χ0) is 28.2. The van der Waals surface area contributed by atoms with Gasteiger partial charge in [-0.1, -0.05) is 36.4 Å². The number of alkyl halides is 3. The highest BCUT2D eigenvalue weighted by Crippen LogP contribution is 2.30. The van der Waals surface area contributed by atoms with Gasteiger partial charge in [0.15, 0.2) is 5.17 Å². The van der Waals surface area contributed by atoms with Crippen LogP contribution in [0, 0.1) is 17.1 Å². The van der Waals surface area contributed by atoms with Crippen LogP contribution in [-0.2, 0) is 26.0 Å². The summed E-state index contributed by atoms with van der Waals surface area (Å²) in [5, 5.41) is 10.6. The van der Waals surface area contributed by atoms with Gasteiger partial charge in [0.2, 0.25) is 0 Å². The van der Waals surface area contributed by atoms with Crippen molar-refractivity contribution >= 4 is 44.1 Å². The Kier molecular flexibility index (Phi) is 8.40. The minimum absolute atomic E-state index is 0.00799. The summed E-state index contributed by atoms with van der Waals surface area (Å²) in [6.07, 6.45) is 8.02. The minimum Gasteiger partial charge on any atom is -0.489 e. The summed E-state index contributed by atoms with van der Waals surface area (Å²) in [6.45, 7) is 0.301. The standard InChI is InChI=1S/C26H21F4N3O4S2/c27-19-7-1-17(2-8-19)14-37-21-11-3-16(4-12-21)13-23-24(34)33-25(38-23)32-20-9-5-18(6-10-20)22(31)15-39(35,36)26(28,29)30/h1-3,5-13,16,31H,4,14-15H2,(H,32,33,34)/b23-13-,31-22?. The van der Waals surface area contributed by atoms with Gasteiger partial charge in [0, 0.05) is 5.92 Å². The smallest absolute Gasteiger partial charge is 0.489 e. The molecule has 4 rings (SSSR count). The number of rotatable bonds is 8. The summed E-state index contributed by atoms with van der Waals surface area (Å²) in [5.74, 6) is -1.48. The molecule has 0 radical (unpaired) electrons. The molecule has 1 fully saturated rings. The van der Waals surface area contributed by atoms with Gasteiger partial charge in [-0.25, -0.2) is 17.8 Å². The zero-order valence-electron chi connectivity index (χ0n) is 20.0. The molecule has 2 aliphatic rings. The van der Waals surface area contributed by atoms with Gasteiger partial charge in [-0.3, -0.25) is 4.79 Å². The molecule has 0 aromatic heterocycles. The highest BCUT2D eigenvalue weighted by Gasteiger charge is 2.46. The first-order chi connectivity index (χ1) is 18.4. The van der Waals surface area contributed by atoms with Crippen LogP contribution in [0.2, 0.25) is 0 Å². The number of sulfone groups is 1. The predicted molar refractivity (Wildman–Crippen MR) is 141 cm³/mol.